The fourth-order valence-electron chi connectivity index (χ4n) is 3.70. The van der Waals surface area contributed by atoms with Crippen LogP contribution in [0, 0.1) is 6.92 Å². The molecular weight excluding hydrogens is 406 g/mol. The van der Waals surface area contributed by atoms with E-state index in [1.807, 2.05) is 61.5 Å². The molecule has 1 saturated heterocycles. The number of fused-ring (bicyclic) bond motifs is 1. The maximum absolute atomic E-state index is 13.4. The van der Waals surface area contributed by atoms with Gasteiger partial charge in [-0.1, -0.05) is 42.0 Å². The van der Waals surface area contributed by atoms with Gasteiger partial charge in [-0.15, -0.1) is 12.4 Å². The maximum Gasteiger partial charge on any atom is 0.264 e. The number of hydrogen-bond acceptors (Lipinski definition) is 4. The standard InChI is InChI=1S/C22H25N3O2S.ClH/c1-17-7-9-18(10-8-17)24(2)28(26,27)22-12-11-21(25-15-13-23-14-16-25)19-5-3-4-6-20(19)22;/h3-12,23H,13-16H2,1-2H3;1H. The van der Waals surface area contributed by atoms with E-state index in [4.69, 9.17) is 0 Å². The Morgan fingerprint density at radius 3 is 2.17 bits per heavy atom. The summed E-state index contributed by atoms with van der Waals surface area (Å²) in [6, 6.07) is 19.0. The first-order valence-electron chi connectivity index (χ1n) is 9.51. The van der Waals surface area contributed by atoms with Gasteiger partial charge in [-0.2, -0.15) is 0 Å². The van der Waals surface area contributed by atoms with Gasteiger partial charge in [0.2, 0.25) is 0 Å². The summed E-state index contributed by atoms with van der Waals surface area (Å²) >= 11 is 0. The molecule has 1 aliphatic heterocycles. The molecule has 1 fully saturated rings. The maximum atomic E-state index is 13.4. The van der Waals surface area contributed by atoms with Crippen molar-refractivity contribution < 1.29 is 8.42 Å². The average molecular weight is 432 g/mol. The van der Waals surface area contributed by atoms with E-state index in [2.05, 4.69) is 10.2 Å². The molecule has 1 aliphatic rings. The molecule has 3 aromatic carbocycles. The Hall–Kier alpha value is -2.28. The van der Waals surface area contributed by atoms with Crippen LogP contribution in [-0.2, 0) is 10.0 Å². The van der Waals surface area contributed by atoms with Crippen molar-refractivity contribution in [1.29, 1.82) is 0 Å². The molecule has 29 heavy (non-hydrogen) atoms. The Morgan fingerprint density at radius 1 is 0.897 bits per heavy atom. The third-order valence-electron chi connectivity index (χ3n) is 5.35. The number of rotatable bonds is 4. The second kappa shape index (κ2) is 8.61. The molecule has 0 amide bonds. The van der Waals surface area contributed by atoms with Crippen LogP contribution in [0.25, 0.3) is 10.8 Å². The molecule has 0 radical (unpaired) electrons. The summed E-state index contributed by atoms with van der Waals surface area (Å²) in [5.74, 6) is 0. The molecule has 4 rings (SSSR count). The fourth-order valence-corrected chi connectivity index (χ4v) is 5.09. The number of nitrogens with zero attached hydrogens (tertiary/aromatic N) is 2. The van der Waals surface area contributed by atoms with E-state index in [-0.39, 0.29) is 12.4 Å². The van der Waals surface area contributed by atoms with Crippen molar-refractivity contribution in [2.24, 2.45) is 0 Å². The molecular formula is C22H26ClN3O2S. The zero-order valence-corrected chi connectivity index (χ0v) is 18.3. The summed E-state index contributed by atoms with van der Waals surface area (Å²) in [4.78, 5) is 2.66. The van der Waals surface area contributed by atoms with Crippen molar-refractivity contribution in [3.8, 4) is 0 Å². The van der Waals surface area contributed by atoms with E-state index in [0.717, 1.165) is 48.2 Å². The molecule has 5 nitrogen and oxygen atoms in total. The molecule has 1 heterocycles. The van der Waals surface area contributed by atoms with Gasteiger partial charge in [-0.25, -0.2) is 8.42 Å². The Labute approximate surface area is 178 Å². The quantitative estimate of drug-likeness (QED) is 0.682. The van der Waals surface area contributed by atoms with Gasteiger partial charge < -0.3 is 10.2 Å². The zero-order chi connectivity index (χ0) is 19.7. The van der Waals surface area contributed by atoms with Crippen LogP contribution in [0.4, 0.5) is 11.4 Å². The minimum absolute atomic E-state index is 0. The van der Waals surface area contributed by atoms with E-state index < -0.39 is 10.0 Å². The molecule has 0 spiro atoms. The van der Waals surface area contributed by atoms with Gasteiger partial charge in [0.15, 0.2) is 0 Å². The van der Waals surface area contributed by atoms with Crippen LogP contribution in [0.3, 0.4) is 0 Å². The second-order valence-electron chi connectivity index (χ2n) is 7.17. The van der Waals surface area contributed by atoms with E-state index >= 15 is 0 Å². The van der Waals surface area contributed by atoms with Crippen molar-refractivity contribution in [2.45, 2.75) is 11.8 Å². The number of nitrogens with one attached hydrogen (secondary N) is 1. The van der Waals surface area contributed by atoms with Gasteiger partial charge in [0.05, 0.1) is 10.6 Å². The second-order valence-corrected chi connectivity index (χ2v) is 9.11. The molecule has 0 aliphatic carbocycles. The topological polar surface area (TPSA) is 52.7 Å². The van der Waals surface area contributed by atoms with E-state index in [1.165, 1.54) is 4.31 Å². The van der Waals surface area contributed by atoms with Gasteiger partial charge in [0, 0.05) is 49.7 Å². The SMILES string of the molecule is Cc1ccc(N(C)S(=O)(=O)c2ccc(N3CCNCC3)c3ccccc23)cc1.Cl. The number of anilines is 2. The lowest BCUT2D eigenvalue weighted by molar-refractivity contribution is 0.589. The fraction of sp³-hybridized carbons (Fsp3) is 0.273. The summed E-state index contributed by atoms with van der Waals surface area (Å²) in [6.07, 6.45) is 0. The largest absolute Gasteiger partial charge is 0.368 e. The van der Waals surface area contributed by atoms with E-state index in [1.54, 1.807) is 13.1 Å². The smallest absolute Gasteiger partial charge is 0.264 e. The number of aryl methyl sites for hydroxylation is 1. The highest BCUT2D eigenvalue weighted by Gasteiger charge is 2.25. The highest BCUT2D eigenvalue weighted by molar-refractivity contribution is 7.93. The van der Waals surface area contributed by atoms with Crippen LogP contribution < -0.4 is 14.5 Å². The zero-order valence-electron chi connectivity index (χ0n) is 16.6. The van der Waals surface area contributed by atoms with Gasteiger partial charge >= 0.3 is 0 Å². The third-order valence-corrected chi connectivity index (χ3v) is 7.20. The highest BCUT2D eigenvalue weighted by atomic mass is 35.5. The van der Waals surface area contributed by atoms with Crippen LogP contribution in [0.1, 0.15) is 5.56 Å². The molecule has 0 atom stereocenters. The number of benzene rings is 3. The van der Waals surface area contributed by atoms with E-state index in [9.17, 15) is 8.42 Å². The molecule has 0 saturated carbocycles. The first kappa shape index (κ1) is 21.4. The lowest BCUT2D eigenvalue weighted by atomic mass is 10.1. The summed E-state index contributed by atoms with van der Waals surface area (Å²) in [5, 5.41) is 5.10. The predicted molar refractivity (Wildman–Crippen MR) is 123 cm³/mol. The molecule has 7 heteroatoms. The number of sulfonamides is 1. The van der Waals surface area contributed by atoms with Crippen LogP contribution in [0.5, 0.6) is 0 Å². The normalized spacial score (nSPS) is 14.5. The monoisotopic (exact) mass is 431 g/mol. The third kappa shape index (κ3) is 4.06. The first-order valence-corrected chi connectivity index (χ1v) is 11.0. The lowest BCUT2D eigenvalue weighted by Gasteiger charge is -2.31. The van der Waals surface area contributed by atoms with Crippen molar-refractivity contribution in [1.82, 2.24) is 5.32 Å². The van der Waals surface area contributed by atoms with Gasteiger partial charge in [-0.05, 0) is 31.2 Å². The molecule has 0 aromatic heterocycles. The molecule has 0 unspecified atom stereocenters. The predicted octanol–water partition coefficient (Wildman–Crippen LogP) is 3.80. The number of halogens is 1. The lowest BCUT2D eigenvalue weighted by Crippen LogP contribution is -2.43. The first-order chi connectivity index (χ1) is 13.5. The van der Waals surface area contributed by atoms with Gasteiger partial charge in [-0.3, -0.25) is 4.31 Å². The van der Waals surface area contributed by atoms with Crippen LogP contribution in [-0.4, -0.2) is 41.6 Å². The Balaban J connectivity index is 0.00000240. The summed E-state index contributed by atoms with van der Waals surface area (Å²) in [6.45, 7) is 5.69. The minimum Gasteiger partial charge on any atom is -0.368 e. The minimum atomic E-state index is -3.68. The molecule has 3 aromatic rings. The number of hydrogen-bond donors (Lipinski definition) is 1. The highest BCUT2D eigenvalue weighted by Crippen LogP contribution is 2.34. The Kier molecular flexibility index (Phi) is 6.36. The van der Waals surface area contributed by atoms with E-state index in [0.29, 0.717) is 10.6 Å². The Bertz CT molecular complexity index is 1090. The van der Waals surface area contributed by atoms with Gasteiger partial charge in [0.25, 0.3) is 10.0 Å². The summed E-state index contributed by atoms with van der Waals surface area (Å²) in [5.41, 5.74) is 2.84. The summed E-state index contributed by atoms with van der Waals surface area (Å²) in [7, 11) is -2.07. The molecule has 0 bridgehead atoms. The van der Waals surface area contributed by atoms with Crippen molar-refractivity contribution in [3.63, 3.8) is 0 Å². The van der Waals surface area contributed by atoms with Crippen LogP contribution >= 0.6 is 12.4 Å². The van der Waals surface area contributed by atoms with Crippen molar-refractivity contribution in [2.75, 3.05) is 42.4 Å². The van der Waals surface area contributed by atoms with Crippen molar-refractivity contribution in [3.05, 3.63) is 66.2 Å². The molecule has 1 N–H and O–H groups in total. The average Bonchev–Trinajstić information content (AvgIpc) is 2.73. The van der Waals surface area contributed by atoms with Gasteiger partial charge in [0.1, 0.15) is 0 Å². The molecule has 154 valence electrons. The number of piperazine rings is 1. The Morgan fingerprint density at radius 2 is 1.52 bits per heavy atom. The van der Waals surface area contributed by atoms with Crippen molar-refractivity contribution >= 4 is 44.6 Å². The van der Waals surface area contributed by atoms with Crippen LogP contribution in [0.2, 0.25) is 0 Å². The van der Waals surface area contributed by atoms with Crippen LogP contribution in [0.15, 0.2) is 65.6 Å². The summed E-state index contributed by atoms with van der Waals surface area (Å²) < 4.78 is 28.2.